The molecule has 1 amide bonds. The summed E-state index contributed by atoms with van der Waals surface area (Å²) in [4.78, 5) is 20.6. The lowest BCUT2D eigenvalue weighted by molar-refractivity contribution is 0.0644. The van der Waals surface area contributed by atoms with E-state index in [9.17, 15) is 4.79 Å². The van der Waals surface area contributed by atoms with E-state index in [1.165, 1.54) is 0 Å². The number of hydrogen-bond donors (Lipinski definition) is 1. The molecule has 1 fully saturated rings. The third-order valence-electron chi connectivity index (χ3n) is 5.53. The number of nitrogens with one attached hydrogen (secondary N) is 1. The van der Waals surface area contributed by atoms with E-state index in [-0.39, 0.29) is 42.8 Å². The average Bonchev–Trinajstić information content (AvgIpc) is 3.41. The first-order valence-electron chi connectivity index (χ1n) is 10.5. The van der Waals surface area contributed by atoms with Crippen molar-refractivity contribution in [1.82, 2.24) is 25.0 Å². The topological polar surface area (TPSA) is 76.2 Å². The van der Waals surface area contributed by atoms with E-state index in [0.29, 0.717) is 17.0 Å². The highest BCUT2D eigenvalue weighted by Gasteiger charge is 2.28. The number of piperidine rings is 1. The minimum atomic E-state index is 0. The molecule has 4 heterocycles. The van der Waals surface area contributed by atoms with Crippen molar-refractivity contribution >= 4 is 41.8 Å². The van der Waals surface area contributed by atoms with Crippen molar-refractivity contribution in [1.29, 1.82) is 0 Å². The Morgan fingerprint density at radius 2 is 2.06 bits per heavy atom. The number of halogens is 2. The van der Waals surface area contributed by atoms with Crippen molar-refractivity contribution in [2.75, 3.05) is 19.6 Å². The van der Waals surface area contributed by atoms with Crippen LogP contribution in [-0.2, 0) is 0 Å². The molecule has 0 atom stereocenters. The number of pyridine rings is 1. The Labute approximate surface area is 195 Å². The number of fused-ring (bicyclic) bond motifs is 1. The second-order valence-corrected chi connectivity index (χ2v) is 7.93. The van der Waals surface area contributed by atoms with Crippen molar-refractivity contribution in [3.63, 3.8) is 0 Å². The van der Waals surface area contributed by atoms with E-state index >= 15 is 0 Å². The molecular formula is C22H31Cl2N5O2. The smallest absolute Gasteiger partial charge is 0.254 e. The Bertz CT molecular complexity index is 981. The van der Waals surface area contributed by atoms with Crippen LogP contribution in [0.5, 0.6) is 0 Å². The third kappa shape index (κ3) is 5.05. The summed E-state index contributed by atoms with van der Waals surface area (Å²) in [7, 11) is 0. The van der Waals surface area contributed by atoms with Gasteiger partial charge in [-0.05, 0) is 64.4 Å². The molecule has 3 aromatic rings. The van der Waals surface area contributed by atoms with Gasteiger partial charge in [-0.3, -0.25) is 4.79 Å². The maximum atomic E-state index is 13.8. The molecule has 0 radical (unpaired) electrons. The molecule has 170 valence electrons. The van der Waals surface area contributed by atoms with Crippen LogP contribution in [0.2, 0.25) is 0 Å². The predicted molar refractivity (Wildman–Crippen MR) is 127 cm³/mol. The lowest BCUT2D eigenvalue weighted by Gasteiger charge is -2.34. The van der Waals surface area contributed by atoms with Crippen molar-refractivity contribution in [3.05, 3.63) is 36.2 Å². The van der Waals surface area contributed by atoms with Crippen LogP contribution >= 0.6 is 24.8 Å². The zero-order valence-corrected chi connectivity index (χ0v) is 19.8. The Morgan fingerprint density at radius 1 is 1.32 bits per heavy atom. The van der Waals surface area contributed by atoms with Gasteiger partial charge < -0.3 is 14.6 Å². The van der Waals surface area contributed by atoms with Crippen LogP contribution in [0.15, 0.2) is 35.1 Å². The maximum absolute atomic E-state index is 13.8. The van der Waals surface area contributed by atoms with E-state index in [0.717, 1.165) is 49.9 Å². The number of rotatable bonds is 6. The molecule has 0 unspecified atom stereocenters. The Morgan fingerprint density at radius 3 is 2.68 bits per heavy atom. The molecule has 1 aliphatic heterocycles. The number of carbonyl (C=O) groups excluding carboxylic acids is 1. The van der Waals surface area contributed by atoms with Crippen LogP contribution < -0.4 is 5.32 Å². The molecule has 0 bridgehead atoms. The predicted octanol–water partition coefficient (Wildman–Crippen LogP) is 4.72. The molecule has 7 nitrogen and oxygen atoms in total. The summed E-state index contributed by atoms with van der Waals surface area (Å²) >= 11 is 0. The van der Waals surface area contributed by atoms with E-state index in [1.54, 1.807) is 12.5 Å². The molecule has 0 saturated carbocycles. The van der Waals surface area contributed by atoms with Gasteiger partial charge in [-0.1, -0.05) is 6.92 Å². The molecular weight excluding hydrogens is 437 g/mol. The van der Waals surface area contributed by atoms with Crippen LogP contribution in [-0.4, -0.2) is 51.2 Å². The molecule has 4 rings (SSSR count). The van der Waals surface area contributed by atoms with Gasteiger partial charge in [0.25, 0.3) is 5.91 Å². The largest absolute Gasteiger partial charge is 0.463 e. The summed E-state index contributed by atoms with van der Waals surface area (Å²) in [6.07, 6.45) is 6.29. The minimum Gasteiger partial charge on any atom is -0.463 e. The Hall–Kier alpha value is -2.09. The van der Waals surface area contributed by atoms with Gasteiger partial charge in [0.2, 0.25) is 0 Å². The molecule has 31 heavy (non-hydrogen) atoms. The van der Waals surface area contributed by atoms with Gasteiger partial charge in [0.15, 0.2) is 11.4 Å². The fourth-order valence-corrected chi connectivity index (χ4v) is 4.09. The average molecular weight is 468 g/mol. The molecule has 1 N–H and O–H groups in total. The van der Waals surface area contributed by atoms with E-state index in [4.69, 9.17) is 9.40 Å². The van der Waals surface area contributed by atoms with Gasteiger partial charge in [0.1, 0.15) is 5.69 Å². The Balaban J connectivity index is 0.00000171. The summed E-state index contributed by atoms with van der Waals surface area (Å²) in [5.74, 6) is 0.712. The van der Waals surface area contributed by atoms with Crippen LogP contribution in [0.25, 0.3) is 22.5 Å². The van der Waals surface area contributed by atoms with Crippen LogP contribution in [0.1, 0.15) is 56.4 Å². The van der Waals surface area contributed by atoms with Gasteiger partial charge in [-0.15, -0.1) is 24.8 Å². The Kier molecular flexibility index (Phi) is 8.91. The lowest BCUT2D eigenvalue weighted by Crippen LogP contribution is -2.46. The number of amides is 1. The van der Waals surface area contributed by atoms with Gasteiger partial charge >= 0.3 is 0 Å². The first-order chi connectivity index (χ1) is 14.1. The van der Waals surface area contributed by atoms with Crippen LogP contribution in [0.4, 0.5) is 0 Å². The number of carbonyl (C=O) groups is 1. The summed E-state index contributed by atoms with van der Waals surface area (Å²) in [5, 5.41) is 8.71. The monoisotopic (exact) mass is 467 g/mol. The highest BCUT2D eigenvalue weighted by atomic mass is 35.5. The molecule has 3 aromatic heterocycles. The first kappa shape index (κ1) is 25.2. The SMILES string of the molecule is CCCN(C(=O)c1cc(-c2ccco2)nc2c1cnn2C(C)C)C1CCNCC1.Cl.Cl. The first-order valence-corrected chi connectivity index (χ1v) is 10.5. The highest BCUT2D eigenvalue weighted by molar-refractivity contribution is 6.06. The maximum Gasteiger partial charge on any atom is 0.254 e. The second-order valence-electron chi connectivity index (χ2n) is 7.93. The van der Waals surface area contributed by atoms with Gasteiger partial charge in [0.05, 0.1) is 23.4 Å². The molecule has 1 saturated heterocycles. The van der Waals surface area contributed by atoms with E-state index in [1.807, 2.05) is 27.8 Å². The molecule has 0 aliphatic carbocycles. The summed E-state index contributed by atoms with van der Waals surface area (Å²) in [6, 6.07) is 5.97. The number of hydrogen-bond acceptors (Lipinski definition) is 5. The molecule has 0 aromatic carbocycles. The normalized spacial score (nSPS) is 14.3. The summed E-state index contributed by atoms with van der Waals surface area (Å²) < 4.78 is 7.45. The molecule has 9 heteroatoms. The second kappa shape index (κ2) is 11.0. The zero-order chi connectivity index (χ0) is 20.4. The number of furan rings is 1. The number of nitrogens with zero attached hydrogens (tertiary/aromatic N) is 4. The standard InChI is InChI=1S/C22H29N5O2.2ClH/c1-4-11-26(16-7-9-23-10-8-16)22(28)17-13-19(20-6-5-12-29-20)25-21-18(17)14-24-27(21)15(2)3;;/h5-6,12-16,23H,4,7-11H2,1-3H3;2*1H. The van der Waals surface area contributed by atoms with Crippen LogP contribution in [0.3, 0.4) is 0 Å². The van der Waals surface area contributed by atoms with Crippen molar-refractivity contribution in [2.24, 2.45) is 0 Å². The quantitative estimate of drug-likeness (QED) is 0.567. The third-order valence-corrected chi connectivity index (χ3v) is 5.53. The lowest BCUT2D eigenvalue weighted by atomic mass is 10.0. The molecule has 0 spiro atoms. The summed E-state index contributed by atoms with van der Waals surface area (Å²) in [5.41, 5.74) is 2.04. The van der Waals surface area contributed by atoms with Crippen molar-refractivity contribution in [3.8, 4) is 11.5 Å². The fraction of sp³-hybridized carbons (Fsp3) is 0.500. The summed E-state index contributed by atoms with van der Waals surface area (Å²) in [6.45, 7) is 8.90. The fourth-order valence-electron chi connectivity index (χ4n) is 4.09. The van der Waals surface area contributed by atoms with Crippen molar-refractivity contribution in [2.45, 2.75) is 52.1 Å². The molecule has 1 aliphatic rings. The van der Waals surface area contributed by atoms with Gasteiger partial charge in [-0.25, -0.2) is 9.67 Å². The van der Waals surface area contributed by atoms with Gasteiger partial charge in [-0.2, -0.15) is 5.10 Å². The number of aromatic nitrogens is 3. The minimum absolute atomic E-state index is 0. The van der Waals surface area contributed by atoms with E-state index in [2.05, 4.69) is 31.2 Å². The zero-order valence-electron chi connectivity index (χ0n) is 18.2. The van der Waals surface area contributed by atoms with E-state index < -0.39 is 0 Å². The van der Waals surface area contributed by atoms with Gasteiger partial charge in [0, 0.05) is 18.6 Å². The van der Waals surface area contributed by atoms with Crippen LogP contribution in [0, 0.1) is 0 Å². The van der Waals surface area contributed by atoms with Crippen molar-refractivity contribution < 1.29 is 9.21 Å². The highest BCUT2D eigenvalue weighted by Crippen LogP contribution is 2.28.